The van der Waals surface area contributed by atoms with Crippen molar-refractivity contribution < 1.29 is 9.53 Å². The van der Waals surface area contributed by atoms with Crippen LogP contribution in [0.15, 0.2) is 66.9 Å². The summed E-state index contributed by atoms with van der Waals surface area (Å²) >= 11 is 0. The minimum absolute atomic E-state index is 0.0359. The highest BCUT2D eigenvalue weighted by molar-refractivity contribution is 5.97. The maximum atomic E-state index is 13.7. The molecule has 5 nitrogen and oxygen atoms in total. The number of rotatable bonds is 6. The summed E-state index contributed by atoms with van der Waals surface area (Å²) in [6, 6.07) is 20.0. The van der Waals surface area contributed by atoms with Gasteiger partial charge in [0.25, 0.3) is 0 Å². The fourth-order valence-corrected chi connectivity index (χ4v) is 4.49. The molecule has 2 atom stereocenters. The fraction of sp³-hybridized carbons (Fsp3) is 0.320. The molecule has 0 unspecified atom stereocenters. The molecule has 1 fully saturated rings. The quantitative estimate of drug-likeness (QED) is 0.639. The Morgan fingerprint density at radius 3 is 2.63 bits per heavy atom. The van der Waals surface area contributed by atoms with E-state index in [1.165, 1.54) is 5.69 Å². The number of hydrogen-bond acceptors (Lipinski definition) is 3. The summed E-state index contributed by atoms with van der Waals surface area (Å²) in [6.07, 6.45) is 4.18. The summed E-state index contributed by atoms with van der Waals surface area (Å²) in [5.41, 5.74) is 4.03. The minimum atomic E-state index is -0.376. The van der Waals surface area contributed by atoms with Gasteiger partial charge in [0.1, 0.15) is 11.8 Å². The molecule has 1 aromatic heterocycles. The first kappa shape index (κ1) is 20.2. The molecule has 0 spiro atoms. The molecule has 0 radical (unpaired) electrons. The maximum Gasteiger partial charge on any atom is 0.246 e. The zero-order valence-electron chi connectivity index (χ0n) is 17.8. The van der Waals surface area contributed by atoms with Crippen LogP contribution in [-0.4, -0.2) is 29.0 Å². The molecule has 2 heterocycles. The van der Waals surface area contributed by atoms with Crippen molar-refractivity contribution in [1.82, 2.24) is 9.47 Å². The number of nitrogens with zero attached hydrogens (tertiary/aromatic N) is 2. The largest absolute Gasteiger partial charge is 0.495 e. The predicted octanol–water partition coefficient (Wildman–Crippen LogP) is 4.86. The Bertz CT molecular complexity index is 1010. The molecule has 156 valence electrons. The van der Waals surface area contributed by atoms with Crippen molar-refractivity contribution in [3.05, 3.63) is 83.7 Å². The molecule has 3 aromatic rings. The van der Waals surface area contributed by atoms with E-state index >= 15 is 0 Å². The standard InChI is InChI=1S/C25H29N3O2/c1-18-13-14-23(30-3)20(17-18)26-25(29)24(19-9-5-4-6-10-19)28-16-8-12-22(28)21-11-7-15-27(21)2/h4-7,9-11,13-15,17,22,24H,8,12,16H2,1-3H3,(H,26,29)/t22-,24-/m0/s1. The highest BCUT2D eigenvalue weighted by Gasteiger charge is 2.37. The molecular formula is C25H29N3O2. The van der Waals surface area contributed by atoms with Gasteiger partial charge in [-0.1, -0.05) is 36.4 Å². The fourth-order valence-electron chi connectivity index (χ4n) is 4.49. The van der Waals surface area contributed by atoms with Crippen molar-refractivity contribution in [2.45, 2.75) is 31.8 Å². The second kappa shape index (κ2) is 8.76. The van der Waals surface area contributed by atoms with Crippen LogP contribution in [-0.2, 0) is 11.8 Å². The number of aromatic nitrogens is 1. The number of benzene rings is 2. The smallest absolute Gasteiger partial charge is 0.246 e. The first-order valence-corrected chi connectivity index (χ1v) is 10.5. The Morgan fingerprint density at radius 1 is 1.13 bits per heavy atom. The number of hydrogen-bond donors (Lipinski definition) is 1. The van der Waals surface area contributed by atoms with Gasteiger partial charge in [-0.2, -0.15) is 0 Å². The van der Waals surface area contributed by atoms with Crippen molar-refractivity contribution in [2.75, 3.05) is 19.0 Å². The van der Waals surface area contributed by atoms with Crippen LogP contribution in [0.4, 0.5) is 5.69 Å². The highest BCUT2D eigenvalue weighted by atomic mass is 16.5. The third-order valence-corrected chi connectivity index (χ3v) is 5.93. The molecule has 5 heteroatoms. The number of nitrogens with one attached hydrogen (secondary N) is 1. The van der Waals surface area contributed by atoms with Crippen LogP contribution < -0.4 is 10.1 Å². The summed E-state index contributed by atoms with van der Waals surface area (Å²) in [5, 5.41) is 3.15. The number of anilines is 1. The van der Waals surface area contributed by atoms with E-state index in [-0.39, 0.29) is 18.0 Å². The lowest BCUT2D eigenvalue weighted by Gasteiger charge is -2.33. The third-order valence-electron chi connectivity index (χ3n) is 5.93. The van der Waals surface area contributed by atoms with E-state index < -0.39 is 0 Å². The van der Waals surface area contributed by atoms with E-state index in [1.54, 1.807) is 7.11 Å². The second-order valence-corrected chi connectivity index (χ2v) is 7.95. The van der Waals surface area contributed by atoms with E-state index in [0.717, 1.165) is 30.5 Å². The first-order valence-electron chi connectivity index (χ1n) is 10.5. The predicted molar refractivity (Wildman–Crippen MR) is 120 cm³/mol. The average molecular weight is 404 g/mol. The lowest BCUT2D eigenvalue weighted by molar-refractivity contribution is -0.122. The monoisotopic (exact) mass is 403 g/mol. The Balaban J connectivity index is 1.70. The Morgan fingerprint density at radius 2 is 1.93 bits per heavy atom. The number of ether oxygens (including phenoxy) is 1. The number of amides is 1. The normalized spacial score (nSPS) is 17.6. The minimum Gasteiger partial charge on any atom is -0.495 e. The van der Waals surface area contributed by atoms with Crippen LogP contribution in [0.3, 0.4) is 0 Å². The zero-order chi connectivity index (χ0) is 21.1. The highest BCUT2D eigenvalue weighted by Crippen LogP contribution is 2.39. The summed E-state index contributed by atoms with van der Waals surface area (Å²) in [5.74, 6) is 0.632. The third kappa shape index (κ3) is 3.98. The lowest BCUT2D eigenvalue weighted by atomic mass is 10.0. The number of methoxy groups -OCH3 is 1. The van der Waals surface area contributed by atoms with E-state index in [0.29, 0.717) is 11.4 Å². The Labute approximate surface area is 178 Å². The molecular weight excluding hydrogens is 374 g/mol. The van der Waals surface area contributed by atoms with E-state index in [2.05, 4.69) is 40.2 Å². The Hall–Kier alpha value is -3.05. The van der Waals surface area contributed by atoms with Crippen molar-refractivity contribution in [3.8, 4) is 5.75 Å². The van der Waals surface area contributed by atoms with Crippen LogP contribution >= 0.6 is 0 Å². The number of carbonyl (C=O) groups is 1. The van der Waals surface area contributed by atoms with Gasteiger partial charge in [0.2, 0.25) is 5.91 Å². The van der Waals surface area contributed by atoms with Crippen molar-refractivity contribution in [1.29, 1.82) is 0 Å². The van der Waals surface area contributed by atoms with Gasteiger partial charge in [0.05, 0.1) is 18.8 Å². The summed E-state index contributed by atoms with van der Waals surface area (Å²) in [6.45, 7) is 2.89. The lowest BCUT2D eigenvalue weighted by Crippen LogP contribution is -2.37. The summed E-state index contributed by atoms with van der Waals surface area (Å²) in [7, 11) is 3.70. The molecule has 1 aliphatic rings. The van der Waals surface area contributed by atoms with Crippen molar-refractivity contribution in [2.24, 2.45) is 7.05 Å². The number of carbonyl (C=O) groups excluding carboxylic acids is 1. The van der Waals surface area contributed by atoms with Gasteiger partial charge in [-0.05, 0) is 61.7 Å². The Kier molecular flexibility index (Phi) is 5.91. The summed E-state index contributed by atoms with van der Waals surface area (Å²) in [4.78, 5) is 16.0. The van der Waals surface area contributed by atoms with Gasteiger partial charge < -0.3 is 14.6 Å². The number of likely N-dealkylation sites (tertiary alicyclic amines) is 1. The van der Waals surface area contributed by atoms with Crippen LogP contribution in [0.25, 0.3) is 0 Å². The van der Waals surface area contributed by atoms with Gasteiger partial charge in [0, 0.05) is 18.9 Å². The topological polar surface area (TPSA) is 46.5 Å². The van der Waals surface area contributed by atoms with Gasteiger partial charge >= 0.3 is 0 Å². The van der Waals surface area contributed by atoms with E-state index in [9.17, 15) is 4.79 Å². The van der Waals surface area contributed by atoms with Crippen LogP contribution in [0.1, 0.15) is 41.7 Å². The van der Waals surface area contributed by atoms with Gasteiger partial charge in [0.15, 0.2) is 0 Å². The van der Waals surface area contributed by atoms with Gasteiger partial charge in [-0.3, -0.25) is 9.69 Å². The van der Waals surface area contributed by atoms with Crippen LogP contribution in [0, 0.1) is 6.92 Å². The van der Waals surface area contributed by atoms with Gasteiger partial charge in [-0.15, -0.1) is 0 Å². The molecule has 0 saturated carbocycles. The van der Waals surface area contributed by atoms with Gasteiger partial charge in [-0.25, -0.2) is 0 Å². The van der Waals surface area contributed by atoms with Crippen LogP contribution in [0.2, 0.25) is 0 Å². The van der Waals surface area contributed by atoms with E-state index in [4.69, 9.17) is 4.74 Å². The SMILES string of the molecule is COc1ccc(C)cc1NC(=O)[C@H](c1ccccc1)N1CCC[C@H]1c1cccn1C. The number of aryl methyl sites for hydroxylation is 2. The second-order valence-electron chi connectivity index (χ2n) is 7.95. The first-order chi connectivity index (χ1) is 14.6. The van der Waals surface area contributed by atoms with Crippen LogP contribution in [0.5, 0.6) is 5.75 Å². The average Bonchev–Trinajstić information content (AvgIpc) is 3.38. The maximum absolute atomic E-state index is 13.7. The van der Waals surface area contributed by atoms with Crippen molar-refractivity contribution in [3.63, 3.8) is 0 Å². The summed E-state index contributed by atoms with van der Waals surface area (Å²) < 4.78 is 7.64. The van der Waals surface area contributed by atoms with E-state index in [1.807, 2.05) is 55.5 Å². The molecule has 2 aromatic carbocycles. The molecule has 1 aliphatic heterocycles. The molecule has 0 bridgehead atoms. The molecule has 1 amide bonds. The zero-order valence-corrected chi connectivity index (χ0v) is 17.8. The molecule has 30 heavy (non-hydrogen) atoms. The molecule has 1 N–H and O–H groups in total. The van der Waals surface area contributed by atoms with Crippen molar-refractivity contribution >= 4 is 11.6 Å². The molecule has 1 saturated heterocycles. The molecule has 0 aliphatic carbocycles. The molecule has 4 rings (SSSR count).